The quantitative estimate of drug-likeness (QED) is 0.605. The van der Waals surface area contributed by atoms with Crippen LogP contribution in [0.4, 0.5) is 5.69 Å². The number of phosphoric ester groups is 1. The first-order valence-corrected chi connectivity index (χ1v) is 8.02. The van der Waals surface area contributed by atoms with E-state index in [1.54, 1.807) is 12.1 Å². The molecule has 1 aromatic rings. The number of carbonyl (C=O) groups is 1. The second-order valence-electron chi connectivity index (χ2n) is 5.63. The molecule has 1 aliphatic carbocycles. The van der Waals surface area contributed by atoms with Gasteiger partial charge in [0.05, 0.1) is 11.4 Å². The summed E-state index contributed by atoms with van der Waals surface area (Å²) in [5, 5.41) is 0. The minimum absolute atomic E-state index is 0.0583. The monoisotopic (exact) mass is 317 g/mol. The number of carbonyl (C=O) groups excluding carboxylic acids is 1. The largest absolute Gasteiger partial charge is 0.780 e. The first kappa shape index (κ1) is 14.9. The third kappa shape index (κ3) is 2.57. The first-order chi connectivity index (χ1) is 10.2. The van der Waals surface area contributed by atoms with Crippen LogP contribution in [0.3, 0.4) is 0 Å². The zero-order chi connectivity index (χ0) is 16.1. The standard InChI is InChI=1S/C15H14NO5P/c1-15(2)11-7-9(17)3-5-13(11)16-14-6-4-10(8-12(14)15)21-22(18,19)20/h3-8H,1-2H3,(H2,18,19,20)/p-2. The summed E-state index contributed by atoms with van der Waals surface area (Å²) < 4.78 is 15.2. The molecule has 22 heavy (non-hydrogen) atoms. The van der Waals surface area contributed by atoms with Gasteiger partial charge in [0.2, 0.25) is 0 Å². The van der Waals surface area contributed by atoms with E-state index in [0.717, 1.165) is 5.57 Å². The molecule has 0 spiro atoms. The van der Waals surface area contributed by atoms with E-state index in [0.29, 0.717) is 17.0 Å². The van der Waals surface area contributed by atoms with Gasteiger partial charge in [-0.2, -0.15) is 0 Å². The number of allylic oxidation sites excluding steroid dienone is 4. The minimum Gasteiger partial charge on any atom is -0.780 e. The van der Waals surface area contributed by atoms with E-state index >= 15 is 0 Å². The average Bonchev–Trinajstić information content (AvgIpc) is 2.39. The molecule has 6 nitrogen and oxygen atoms in total. The molecule has 0 atom stereocenters. The number of hydrogen-bond acceptors (Lipinski definition) is 6. The lowest BCUT2D eigenvalue weighted by atomic mass is 9.71. The second kappa shape index (κ2) is 4.74. The van der Waals surface area contributed by atoms with Crippen molar-refractivity contribution in [3.8, 4) is 5.75 Å². The molecule has 114 valence electrons. The van der Waals surface area contributed by atoms with Gasteiger partial charge >= 0.3 is 0 Å². The highest BCUT2D eigenvalue weighted by Gasteiger charge is 2.35. The zero-order valence-electron chi connectivity index (χ0n) is 11.9. The van der Waals surface area contributed by atoms with Crippen molar-refractivity contribution in [3.05, 3.63) is 47.6 Å². The number of benzene rings is 1. The van der Waals surface area contributed by atoms with Gasteiger partial charge in [0, 0.05) is 5.41 Å². The molecule has 1 aromatic carbocycles. The summed E-state index contributed by atoms with van der Waals surface area (Å²) in [4.78, 5) is 37.6. The molecule has 0 radical (unpaired) electrons. The van der Waals surface area contributed by atoms with Crippen LogP contribution in [-0.2, 0) is 14.8 Å². The predicted molar refractivity (Wildman–Crippen MR) is 77.0 cm³/mol. The number of aliphatic imine (C=N–C) groups is 1. The van der Waals surface area contributed by atoms with Crippen LogP contribution in [-0.4, -0.2) is 11.5 Å². The minimum atomic E-state index is -5.12. The molecule has 0 unspecified atom stereocenters. The maximum atomic E-state index is 11.6. The van der Waals surface area contributed by atoms with Crippen molar-refractivity contribution in [1.82, 2.24) is 0 Å². The van der Waals surface area contributed by atoms with E-state index in [-0.39, 0.29) is 11.5 Å². The third-order valence-electron chi connectivity index (χ3n) is 3.74. The molecular formula is C15H12NO5P-2. The van der Waals surface area contributed by atoms with Crippen LogP contribution < -0.4 is 14.3 Å². The highest BCUT2D eigenvalue weighted by atomic mass is 31.2. The molecule has 1 aliphatic heterocycles. The normalized spacial score (nSPS) is 19.0. The smallest absolute Gasteiger partial charge is 0.179 e. The number of hydrogen-bond donors (Lipinski definition) is 0. The van der Waals surface area contributed by atoms with Crippen molar-refractivity contribution in [1.29, 1.82) is 0 Å². The zero-order valence-corrected chi connectivity index (χ0v) is 12.8. The molecule has 0 aromatic heterocycles. The Morgan fingerprint density at radius 1 is 1.23 bits per heavy atom. The van der Waals surface area contributed by atoms with E-state index in [1.807, 2.05) is 13.8 Å². The highest BCUT2D eigenvalue weighted by Crippen LogP contribution is 2.45. The summed E-state index contributed by atoms with van der Waals surface area (Å²) in [6, 6.07) is 4.45. The lowest BCUT2D eigenvalue weighted by Gasteiger charge is -2.36. The number of nitrogens with zero attached hydrogens (tertiary/aromatic N) is 1. The van der Waals surface area contributed by atoms with Gasteiger partial charge in [-0.05, 0) is 47.6 Å². The summed E-state index contributed by atoms with van der Waals surface area (Å²) >= 11 is 0. The third-order valence-corrected chi connectivity index (χ3v) is 4.18. The Hall–Kier alpha value is -2.01. The summed E-state index contributed by atoms with van der Waals surface area (Å²) in [5.41, 5.74) is 2.22. The maximum absolute atomic E-state index is 11.6. The van der Waals surface area contributed by atoms with E-state index in [9.17, 15) is 19.1 Å². The van der Waals surface area contributed by atoms with Gasteiger partial charge in [-0.15, -0.1) is 0 Å². The number of phosphoric acid groups is 1. The molecule has 2 aliphatic rings. The topological polar surface area (TPSA) is 102 Å². The van der Waals surface area contributed by atoms with Crippen molar-refractivity contribution in [3.63, 3.8) is 0 Å². The van der Waals surface area contributed by atoms with Crippen LogP contribution in [0, 0.1) is 0 Å². The fourth-order valence-corrected chi connectivity index (χ4v) is 3.06. The van der Waals surface area contributed by atoms with E-state index in [1.165, 1.54) is 24.3 Å². The van der Waals surface area contributed by atoms with Gasteiger partial charge in [0.1, 0.15) is 13.6 Å². The molecule has 0 amide bonds. The summed E-state index contributed by atoms with van der Waals surface area (Å²) in [6.07, 6.45) is 4.63. The maximum Gasteiger partial charge on any atom is 0.179 e. The van der Waals surface area contributed by atoms with Gasteiger partial charge in [0.25, 0.3) is 0 Å². The Kier molecular flexibility index (Phi) is 3.22. The molecule has 7 heteroatoms. The summed E-state index contributed by atoms with van der Waals surface area (Å²) in [6.45, 7) is 3.80. The van der Waals surface area contributed by atoms with Crippen LogP contribution in [0.25, 0.3) is 0 Å². The molecule has 0 bridgehead atoms. The van der Waals surface area contributed by atoms with Crippen LogP contribution in [0.5, 0.6) is 5.75 Å². The Balaban J connectivity index is 2.14. The fraction of sp³-hybridized carbons (Fsp3) is 0.200. The number of ketones is 1. The molecule has 0 fully saturated rings. The van der Waals surface area contributed by atoms with Gasteiger partial charge < -0.3 is 18.9 Å². The lowest BCUT2D eigenvalue weighted by molar-refractivity contribution is -0.333. The second-order valence-corrected chi connectivity index (χ2v) is 6.71. The van der Waals surface area contributed by atoms with E-state index < -0.39 is 13.2 Å². The van der Waals surface area contributed by atoms with Crippen LogP contribution in [0.15, 0.2) is 47.0 Å². The molecule has 0 saturated heterocycles. The lowest BCUT2D eigenvalue weighted by Crippen LogP contribution is -2.30. The van der Waals surface area contributed by atoms with Crippen molar-refractivity contribution in [2.45, 2.75) is 19.3 Å². The van der Waals surface area contributed by atoms with Crippen molar-refractivity contribution in [2.24, 2.45) is 4.99 Å². The summed E-state index contributed by atoms with van der Waals surface area (Å²) in [7, 11) is -5.12. The first-order valence-electron chi connectivity index (χ1n) is 6.56. The van der Waals surface area contributed by atoms with E-state index in [4.69, 9.17) is 0 Å². The molecule has 0 saturated carbocycles. The molecule has 0 N–H and O–H groups in total. The molecular weight excluding hydrogens is 305 g/mol. The van der Waals surface area contributed by atoms with Gasteiger partial charge in [-0.25, -0.2) is 4.99 Å². The van der Waals surface area contributed by atoms with Crippen molar-refractivity contribution in [2.75, 3.05) is 0 Å². The number of fused-ring (bicyclic) bond motifs is 2. The average molecular weight is 317 g/mol. The van der Waals surface area contributed by atoms with Crippen LogP contribution in [0.1, 0.15) is 19.4 Å². The Morgan fingerprint density at radius 2 is 1.95 bits per heavy atom. The molecule has 3 rings (SSSR count). The van der Waals surface area contributed by atoms with E-state index in [2.05, 4.69) is 9.52 Å². The number of rotatable bonds is 2. The van der Waals surface area contributed by atoms with Gasteiger partial charge in [0.15, 0.2) is 5.78 Å². The predicted octanol–water partition coefficient (Wildman–Crippen LogP) is 1.32. The Morgan fingerprint density at radius 3 is 2.64 bits per heavy atom. The van der Waals surface area contributed by atoms with Crippen LogP contribution >= 0.6 is 7.82 Å². The van der Waals surface area contributed by atoms with Gasteiger partial charge in [-0.3, -0.25) is 4.79 Å². The Labute approximate surface area is 127 Å². The fourth-order valence-electron chi connectivity index (χ4n) is 2.69. The van der Waals surface area contributed by atoms with Crippen LogP contribution in [0.2, 0.25) is 0 Å². The molecule has 1 heterocycles. The Bertz CT molecular complexity index is 813. The van der Waals surface area contributed by atoms with Gasteiger partial charge in [-0.1, -0.05) is 13.8 Å². The summed E-state index contributed by atoms with van der Waals surface area (Å²) in [5.74, 6) is -0.182. The van der Waals surface area contributed by atoms with Crippen molar-refractivity contribution < 1.29 is 23.7 Å². The van der Waals surface area contributed by atoms with Crippen molar-refractivity contribution >= 4 is 25.0 Å². The highest BCUT2D eigenvalue weighted by molar-refractivity contribution is 7.43. The SMILES string of the molecule is CC1(C)C2=CC(=O)C=CC2=Nc2ccc(OP(=O)([O-])[O-])cc21.